The van der Waals surface area contributed by atoms with Gasteiger partial charge in [-0.25, -0.2) is 0 Å². The van der Waals surface area contributed by atoms with Crippen molar-refractivity contribution in [2.75, 3.05) is 0 Å². The van der Waals surface area contributed by atoms with Crippen LogP contribution in [0, 0.1) is 5.92 Å². The van der Waals surface area contributed by atoms with Gasteiger partial charge in [-0.15, -0.1) is 0 Å². The Labute approximate surface area is 80.3 Å². The van der Waals surface area contributed by atoms with Crippen molar-refractivity contribution >= 4 is 11.8 Å². The lowest BCUT2D eigenvalue weighted by Crippen LogP contribution is -2.29. The molecule has 1 atom stereocenters. The van der Waals surface area contributed by atoms with E-state index in [9.17, 15) is 9.59 Å². The average Bonchev–Trinajstić information content (AvgIpc) is 2.71. The van der Waals surface area contributed by atoms with Crippen molar-refractivity contribution in [3.8, 4) is 0 Å². The molecule has 1 N–H and O–H groups in total. The Hall–Kier alpha value is -1.72. The van der Waals surface area contributed by atoms with Crippen molar-refractivity contribution in [2.24, 2.45) is 5.92 Å². The smallest absolute Gasteiger partial charge is 0.232 e. The van der Waals surface area contributed by atoms with Crippen LogP contribution >= 0.6 is 0 Å². The van der Waals surface area contributed by atoms with Crippen molar-refractivity contribution in [3.05, 3.63) is 11.9 Å². The summed E-state index contributed by atoms with van der Waals surface area (Å²) in [6, 6.07) is 0. The first-order valence-electron chi connectivity index (χ1n) is 4.37. The summed E-state index contributed by atoms with van der Waals surface area (Å²) in [6.45, 7) is 1.97. The number of nitrogens with one attached hydrogen (secondary N) is 1. The Bertz CT molecular complexity index is 359. The number of nitrogens with zero attached hydrogens (tertiary/aromatic N) is 3. The lowest BCUT2D eigenvalue weighted by molar-refractivity contribution is -0.139. The van der Waals surface area contributed by atoms with Crippen LogP contribution in [0.4, 0.5) is 0 Å². The van der Waals surface area contributed by atoms with Crippen LogP contribution in [0.5, 0.6) is 0 Å². The molecular formula is C8H10N4O2. The highest BCUT2D eigenvalue weighted by Gasteiger charge is 2.35. The van der Waals surface area contributed by atoms with Gasteiger partial charge in [-0.1, -0.05) is 6.92 Å². The first-order valence-corrected chi connectivity index (χ1v) is 4.37. The molecule has 1 unspecified atom stereocenters. The van der Waals surface area contributed by atoms with Gasteiger partial charge in [0.25, 0.3) is 0 Å². The standard InChI is InChI=1S/C8H10N4O2/c1-5-2-7(13)12(8(5)14)4-6-3-9-11-10-6/h3,5H,2,4H2,1H3,(H,9,10,11). The van der Waals surface area contributed by atoms with E-state index < -0.39 is 0 Å². The van der Waals surface area contributed by atoms with Crippen LogP contribution < -0.4 is 0 Å². The van der Waals surface area contributed by atoms with Gasteiger partial charge in [-0.3, -0.25) is 14.5 Å². The molecule has 0 bridgehead atoms. The van der Waals surface area contributed by atoms with Crippen molar-refractivity contribution < 1.29 is 9.59 Å². The van der Waals surface area contributed by atoms with Gasteiger partial charge >= 0.3 is 0 Å². The summed E-state index contributed by atoms with van der Waals surface area (Å²) < 4.78 is 0. The monoisotopic (exact) mass is 194 g/mol. The molecular weight excluding hydrogens is 184 g/mol. The molecule has 0 saturated carbocycles. The number of carbonyl (C=O) groups is 2. The molecule has 2 amide bonds. The van der Waals surface area contributed by atoms with Crippen molar-refractivity contribution in [3.63, 3.8) is 0 Å². The number of H-pyrrole nitrogens is 1. The molecule has 0 spiro atoms. The second kappa shape index (κ2) is 3.21. The molecule has 2 rings (SSSR count). The number of amides is 2. The lowest BCUT2D eigenvalue weighted by Gasteiger charge is -2.11. The van der Waals surface area contributed by atoms with E-state index >= 15 is 0 Å². The second-order valence-corrected chi connectivity index (χ2v) is 3.38. The zero-order valence-electron chi connectivity index (χ0n) is 7.73. The third kappa shape index (κ3) is 1.39. The van der Waals surface area contributed by atoms with E-state index in [0.717, 1.165) is 0 Å². The molecule has 1 aromatic heterocycles. The predicted octanol–water partition coefficient (Wildman–Crippen LogP) is -0.300. The Balaban J connectivity index is 2.12. The van der Waals surface area contributed by atoms with Gasteiger partial charge in [0.2, 0.25) is 11.8 Å². The van der Waals surface area contributed by atoms with Crippen LogP contribution in [0.3, 0.4) is 0 Å². The summed E-state index contributed by atoms with van der Waals surface area (Å²) >= 11 is 0. The first-order chi connectivity index (χ1) is 6.68. The molecule has 74 valence electrons. The number of likely N-dealkylation sites (tertiary alicyclic amines) is 1. The molecule has 1 saturated heterocycles. The zero-order valence-corrected chi connectivity index (χ0v) is 7.73. The fraction of sp³-hybridized carbons (Fsp3) is 0.500. The predicted molar refractivity (Wildman–Crippen MR) is 45.7 cm³/mol. The maximum atomic E-state index is 11.5. The topological polar surface area (TPSA) is 79.0 Å². The summed E-state index contributed by atoms with van der Waals surface area (Å²) in [5, 5.41) is 9.83. The molecule has 0 aliphatic carbocycles. The van der Waals surface area contributed by atoms with Crippen molar-refractivity contribution in [1.82, 2.24) is 20.3 Å². The number of carbonyl (C=O) groups excluding carboxylic acids is 2. The first kappa shape index (κ1) is 8.86. The largest absolute Gasteiger partial charge is 0.276 e. The van der Waals surface area contributed by atoms with Gasteiger partial charge in [0.05, 0.1) is 12.7 Å². The Kier molecular flexibility index (Phi) is 2.03. The van der Waals surface area contributed by atoms with Gasteiger partial charge in [0.15, 0.2) is 0 Å². The van der Waals surface area contributed by atoms with Crippen LogP contribution in [0.2, 0.25) is 0 Å². The van der Waals surface area contributed by atoms with Gasteiger partial charge in [0.1, 0.15) is 5.69 Å². The van der Waals surface area contributed by atoms with E-state index in [2.05, 4.69) is 15.4 Å². The maximum Gasteiger partial charge on any atom is 0.232 e. The minimum Gasteiger partial charge on any atom is -0.276 e. The second-order valence-electron chi connectivity index (χ2n) is 3.38. The molecule has 0 radical (unpaired) electrons. The van der Waals surface area contributed by atoms with E-state index in [4.69, 9.17) is 0 Å². The number of rotatable bonds is 2. The van der Waals surface area contributed by atoms with Gasteiger partial charge < -0.3 is 0 Å². The molecule has 6 heteroatoms. The number of imide groups is 1. The number of hydrogen-bond acceptors (Lipinski definition) is 4. The number of aromatic nitrogens is 3. The summed E-state index contributed by atoms with van der Waals surface area (Å²) in [7, 11) is 0. The van der Waals surface area contributed by atoms with Crippen LogP contribution in [0.15, 0.2) is 6.20 Å². The normalized spacial score (nSPS) is 22.1. The van der Waals surface area contributed by atoms with E-state index in [1.54, 1.807) is 6.92 Å². The van der Waals surface area contributed by atoms with Gasteiger partial charge in [-0.05, 0) is 0 Å². The summed E-state index contributed by atoms with van der Waals surface area (Å²) in [6.07, 6.45) is 1.81. The number of hydrogen-bond donors (Lipinski definition) is 1. The van der Waals surface area contributed by atoms with Crippen molar-refractivity contribution in [2.45, 2.75) is 19.9 Å². The number of aromatic amines is 1. The molecule has 6 nitrogen and oxygen atoms in total. The SMILES string of the molecule is CC1CC(=O)N(Cc2cn[nH]n2)C1=O. The van der Waals surface area contributed by atoms with E-state index in [1.165, 1.54) is 11.1 Å². The van der Waals surface area contributed by atoms with Gasteiger partial charge in [-0.2, -0.15) is 15.4 Å². The van der Waals surface area contributed by atoms with E-state index in [1.807, 2.05) is 0 Å². The van der Waals surface area contributed by atoms with Crippen LogP contribution in [0.25, 0.3) is 0 Å². The average molecular weight is 194 g/mol. The summed E-state index contributed by atoms with van der Waals surface area (Å²) in [4.78, 5) is 24.1. The minimum atomic E-state index is -0.200. The molecule has 1 aromatic rings. The highest BCUT2D eigenvalue weighted by atomic mass is 16.2. The van der Waals surface area contributed by atoms with Crippen LogP contribution in [-0.2, 0) is 16.1 Å². The Morgan fingerprint density at radius 3 is 2.93 bits per heavy atom. The summed E-state index contributed by atoms with van der Waals surface area (Å²) in [5.41, 5.74) is 0.598. The third-order valence-electron chi connectivity index (χ3n) is 2.25. The Morgan fingerprint density at radius 2 is 2.43 bits per heavy atom. The molecule has 1 fully saturated rings. The highest BCUT2D eigenvalue weighted by Crippen LogP contribution is 2.20. The van der Waals surface area contributed by atoms with Crippen LogP contribution in [0.1, 0.15) is 19.0 Å². The molecule has 2 heterocycles. The minimum absolute atomic E-state index is 0.127. The third-order valence-corrected chi connectivity index (χ3v) is 2.25. The van der Waals surface area contributed by atoms with E-state index in [-0.39, 0.29) is 24.3 Å². The fourth-order valence-electron chi connectivity index (χ4n) is 1.48. The highest BCUT2D eigenvalue weighted by molar-refractivity contribution is 6.03. The van der Waals surface area contributed by atoms with E-state index in [0.29, 0.717) is 12.1 Å². The summed E-state index contributed by atoms with van der Waals surface area (Å²) in [5.74, 6) is -0.460. The zero-order chi connectivity index (χ0) is 10.1. The molecule has 0 aromatic carbocycles. The lowest BCUT2D eigenvalue weighted by atomic mass is 10.1. The molecule has 1 aliphatic rings. The van der Waals surface area contributed by atoms with Crippen molar-refractivity contribution in [1.29, 1.82) is 0 Å². The molecule has 14 heavy (non-hydrogen) atoms. The van der Waals surface area contributed by atoms with Crippen LogP contribution in [-0.4, -0.2) is 32.1 Å². The molecule has 1 aliphatic heterocycles. The quantitative estimate of drug-likeness (QED) is 0.655. The van der Waals surface area contributed by atoms with Gasteiger partial charge in [0, 0.05) is 12.3 Å². The Morgan fingerprint density at radius 1 is 1.64 bits per heavy atom. The fourth-order valence-corrected chi connectivity index (χ4v) is 1.48. The maximum absolute atomic E-state index is 11.5.